The van der Waals surface area contributed by atoms with Crippen LogP contribution in [0.15, 0.2) is 32.0 Å². The molecule has 0 aromatic carbocycles. The van der Waals surface area contributed by atoms with E-state index >= 15 is 0 Å². The van der Waals surface area contributed by atoms with E-state index in [1.165, 1.54) is 34.9 Å². The minimum atomic E-state index is -1.43. The van der Waals surface area contributed by atoms with Crippen LogP contribution >= 0.6 is 57.8 Å². The third kappa shape index (κ3) is 5.01. The Bertz CT molecular complexity index is 1110. The SMILES string of the molecule is Nc1nc(C(=CCl)C(=O)NC2C(=O)N3C(C(=O)[O-])=C(CSc4nncs4)CS[C@H]23)cs1.[Na+]. The number of amides is 2. The van der Waals surface area contributed by atoms with Crippen LogP contribution in [-0.4, -0.2) is 60.8 Å². The maximum Gasteiger partial charge on any atom is 1.00 e. The zero-order valence-electron chi connectivity index (χ0n) is 16.3. The predicted molar refractivity (Wildman–Crippen MR) is 118 cm³/mol. The van der Waals surface area contributed by atoms with Gasteiger partial charge in [0.1, 0.15) is 16.9 Å². The molecular formula is C16H12ClN6NaO4S4. The van der Waals surface area contributed by atoms with E-state index in [4.69, 9.17) is 17.3 Å². The number of carboxylic acid groups (broad SMARTS) is 1. The van der Waals surface area contributed by atoms with Crippen molar-refractivity contribution >= 4 is 86.3 Å². The largest absolute Gasteiger partial charge is 1.00 e. The van der Waals surface area contributed by atoms with Crippen molar-refractivity contribution in [3.8, 4) is 0 Å². The molecule has 0 bridgehead atoms. The van der Waals surface area contributed by atoms with E-state index in [0.29, 0.717) is 27.1 Å². The van der Waals surface area contributed by atoms with Crippen LogP contribution in [-0.2, 0) is 14.4 Å². The number of halogens is 1. The van der Waals surface area contributed by atoms with Crippen molar-refractivity contribution in [1.82, 2.24) is 25.4 Å². The summed E-state index contributed by atoms with van der Waals surface area (Å²) < 4.78 is 0.695. The van der Waals surface area contributed by atoms with Gasteiger partial charge in [0.2, 0.25) is 0 Å². The van der Waals surface area contributed by atoms with E-state index in [1.807, 2.05) is 0 Å². The molecule has 1 fully saturated rings. The molecule has 32 heavy (non-hydrogen) atoms. The number of thioether (sulfide) groups is 2. The Hall–Kier alpha value is -1.13. The van der Waals surface area contributed by atoms with Crippen molar-refractivity contribution in [3.05, 3.63) is 33.4 Å². The molecule has 162 valence electrons. The zero-order chi connectivity index (χ0) is 22.1. The van der Waals surface area contributed by atoms with Crippen LogP contribution in [0.5, 0.6) is 0 Å². The molecule has 2 aliphatic heterocycles. The van der Waals surface area contributed by atoms with E-state index in [9.17, 15) is 19.5 Å². The van der Waals surface area contributed by atoms with E-state index < -0.39 is 29.2 Å². The molecule has 16 heteroatoms. The molecule has 4 heterocycles. The summed E-state index contributed by atoms with van der Waals surface area (Å²) in [7, 11) is 0. The summed E-state index contributed by atoms with van der Waals surface area (Å²) in [5.41, 5.74) is 9.00. The summed E-state index contributed by atoms with van der Waals surface area (Å²) in [6, 6.07) is -0.896. The molecule has 0 spiro atoms. The van der Waals surface area contributed by atoms with Crippen molar-refractivity contribution in [3.63, 3.8) is 0 Å². The first-order chi connectivity index (χ1) is 14.9. The van der Waals surface area contributed by atoms with Gasteiger partial charge in [-0.1, -0.05) is 34.7 Å². The number of nitrogens with two attached hydrogens (primary N) is 1. The van der Waals surface area contributed by atoms with Gasteiger partial charge in [-0.25, -0.2) is 4.98 Å². The predicted octanol–water partition coefficient (Wildman–Crippen LogP) is -2.64. The number of carboxylic acids is 1. The standard InChI is InChI=1S/C16H13ClN6O4S4.Na/c17-1-7(8-4-29-15(18)20-8)11(24)21-9-12(25)23-10(14(26)27)6(2-28-13(9)23)3-30-16-22-19-5-31-16;/h1,4-5,9,13H,2-3H2,(H2,18,20)(H,21,24)(H,26,27);/q;+1/p-1/t9?,13-;/m1./s1. The number of rotatable bonds is 7. The molecule has 2 aliphatic rings. The number of thiazole rings is 1. The van der Waals surface area contributed by atoms with Crippen molar-refractivity contribution in [1.29, 1.82) is 0 Å². The Labute approximate surface area is 225 Å². The summed E-state index contributed by atoms with van der Waals surface area (Å²) in [4.78, 5) is 42.4. The number of nitrogen functional groups attached to an aromatic ring is 1. The molecule has 1 saturated heterocycles. The van der Waals surface area contributed by atoms with Crippen LogP contribution in [0.1, 0.15) is 5.69 Å². The Balaban J connectivity index is 0.00000289. The first kappa shape index (κ1) is 25.5. The minimum absolute atomic E-state index is 0. The quantitative estimate of drug-likeness (QED) is 0.165. The molecule has 1 unspecified atom stereocenters. The first-order valence-corrected chi connectivity index (χ1v) is 12.7. The Morgan fingerprint density at radius 2 is 2.22 bits per heavy atom. The molecule has 0 saturated carbocycles. The van der Waals surface area contributed by atoms with Gasteiger partial charge in [0.05, 0.1) is 22.9 Å². The van der Waals surface area contributed by atoms with Gasteiger partial charge in [0.25, 0.3) is 11.8 Å². The maximum atomic E-state index is 12.7. The second-order valence-corrected chi connectivity index (χ2v) is 10.5. The van der Waals surface area contributed by atoms with E-state index in [0.717, 1.165) is 21.8 Å². The summed E-state index contributed by atoms with van der Waals surface area (Å²) in [5.74, 6) is -1.86. The number of nitrogens with one attached hydrogen (secondary N) is 1. The Kier molecular flexibility index (Phi) is 8.65. The number of hydrogen-bond donors (Lipinski definition) is 2. The van der Waals surface area contributed by atoms with Crippen molar-refractivity contribution in [2.45, 2.75) is 15.8 Å². The number of anilines is 1. The van der Waals surface area contributed by atoms with Gasteiger partial charge in [0, 0.05) is 22.4 Å². The number of aromatic nitrogens is 3. The fraction of sp³-hybridized carbons (Fsp3) is 0.250. The van der Waals surface area contributed by atoms with E-state index in [-0.39, 0.29) is 46.0 Å². The van der Waals surface area contributed by atoms with Gasteiger partial charge >= 0.3 is 29.6 Å². The molecule has 10 nitrogen and oxygen atoms in total. The van der Waals surface area contributed by atoms with Crippen molar-refractivity contribution in [2.75, 3.05) is 17.2 Å². The summed E-state index contributed by atoms with van der Waals surface area (Å²) in [5, 5.41) is 23.4. The molecule has 2 atom stereocenters. The smallest absolute Gasteiger partial charge is 0.543 e. The van der Waals surface area contributed by atoms with Crippen LogP contribution in [0.2, 0.25) is 0 Å². The first-order valence-electron chi connectivity index (χ1n) is 8.50. The second kappa shape index (κ2) is 10.9. The number of nitrogens with zero attached hydrogens (tertiary/aromatic N) is 4. The molecule has 2 aromatic rings. The molecule has 2 amide bonds. The minimum Gasteiger partial charge on any atom is -0.543 e. The summed E-state index contributed by atoms with van der Waals surface area (Å²) >= 11 is 11.0. The zero-order valence-corrected chi connectivity index (χ0v) is 22.3. The molecule has 2 aromatic heterocycles. The number of hydrogen-bond acceptors (Lipinski definition) is 12. The van der Waals surface area contributed by atoms with E-state index in [2.05, 4.69) is 20.5 Å². The van der Waals surface area contributed by atoms with Crippen molar-refractivity contribution in [2.24, 2.45) is 0 Å². The Morgan fingerprint density at radius 3 is 2.81 bits per heavy atom. The summed E-state index contributed by atoms with van der Waals surface area (Å²) in [6.45, 7) is 0. The topological polar surface area (TPSA) is 154 Å². The van der Waals surface area contributed by atoms with Crippen LogP contribution in [0, 0.1) is 0 Å². The molecular weight excluding hydrogens is 527 g/mol. The average molecular weight is 539 g/mol. The third-order valence-electron chi connectivity index (χ3n) is 4.39. The second-order valence-electron chi connectivity index (χ2n) is 6.19. The summed E-state index contributed by atoms with van der Waals surface area (Å²) in [6.07, 6.45) is 0. The Morgan fingerprint density at radius 1 is 1.44 bits per heavy atom. The maximum absolute atomic E-state index is 12.7. The van der Waals surface area contributed by atoms with Gasteiger partial charge in [0.15, 0.2) is 9.47 Å². The average Bonchev–Trinajstić information content (AvgIpc) is 3.42. The fourth-order valence-corrected chi connectivity index (χ4v) is 6.76. The normalized spacial score (nSPS) is 20.3. The van der Waals surface area contributed by atoms with Crippen LogP contribution in [0.3, 0.4) is 0 Å². The number of β-lactam (4-membered cyclic amide) rings is 1. The van der Waals surface area contributed by atoms with Gasteiger partial charge < -0.3 is 21.0 Å². The third-order valence-corrected chi connectivity index (χ3v) is 8.57. The molecule has 3 N–H and O–H groups in total. The van der Waals surface area contributed by atoms with Crippen molar-refractivity contribution < 1.29 is 49.0 Å². The number of fused-ring (bicyclic) bond motifs is 1. The van der Waals surface area contributed by atoms with Crippen LogP contribution in [0.4, 0.5) is 5.13 Å². The monoisotopic (exact) mass is 538 g/mol. The van der Waals surface area contributed by atoms with Gasteiger partial charge in [-0.15, -0.1) is 33.3 Å². The molecule has 4 rings (SSSR count). The number of aliphatic carboxylic acids is 1. The number of carbonyl (C=O) groups is 3. The van der Waals surface area contributed by atoms with Gasteiger partial charge in [-0.05, 0) is 5.57 Å². The molecule has 0 aliphatic carbocycles. The fourth-order valence-electron chi connectivity index (χ4n) is 3.01. The van der Waals surface area contributed by atoms with E-state index in [1.54, 1.807) is 10.9 Å². The van der Waals surface area contributed by atoms with Gasteiger partial charge in [-0.3, -0.25) is 14.5 Å². The van der Waals surface area contributed by atoms with Crippen LogP contribution < -0.4 is 45.7 Å². The number of carbonyl (C=O) groups excluding carboxylic acids is 3. The van der Waals surface area contributed by atoms with Gasteiger partial charge in [-0.2, -0.15) is 0 Å². The van der Waals surface area contributed by atoms with Crippen LogP contribution in [0.25, 0.3) is 5.57 Å². The molecule has 0 radical (unpaired) electrons.